The van der Waals surface area contributed by atoms with Crippen LogP contribution in [0.25, 0.3) is 0 Å². The number of benzene rings is 2. The van der Waals surface area contributed by atoms with Gasteiger partial charge in [0, 0.05) is 27.8 Å². The van der Waals surface area contributed by atoms with Gasteiger partial charge in [-0.2, -0.15) is 0 Å². The van der Waals surface area contributed by atoms with Crippen molar-refractivity contribution < 1.29 is 9.59 Å². The van der Waals surface area contributed by atoms with Crippen LogP contribution in [0.2, 0.25) is 5.02 Å². The molecule has 0 heterocycles. The van der Waals surface area contributed by atoms with Gasteiger partial charge in [0.2, 0.25) is 11.8 Å². The Morgan fingerprint density at radius 2 is 1.83 bits per heavy atom. The van der Waals surface area contributed by atoms with Crippen LogP contribution in [0.3, 0.4) is 0 Å². The van der Waals surface area contributed by atoms with Gasteiger partial charge >= 0.3 is 0 Å². The van der Waals surface area contributed by atoms with Crippen molar-refractivity contribution in [1.82, 2.24) is 0 Å². The number of nitrogens with one attached hydrogen (secondary N) is 1. The third kappa shape index (κ3) is 4.81. The van der Waals surface area contributed by atoms with E-state index in [0.717, 1.165) is 10.0 Å². The van der Waals surface area contributed by atoms with Crippen LogP contribution < -0.4 is 10.2 Å². The normalized spacial score (nSPS) is 10.3. The minimum Gasteiger partial charge on any atom is -0.324 e. The highest BCUT2D eigenvalue weighted by Crippen LogP contribution is 2.21. The maximum atomic E-state index is 12.2. The van der Waals surface area contributed by atoms with Gasteiger partial charge in [-0.15, -0.1) is 0 Å². The summed E-state index contributed by atoms with van der Waals surface area (Å²) in [6.45, 7) is 3.32. The first-order chi connectivity index (χ1) is 10.9. The van der Waals surface area contributed by atoms with Gasteiger partial charge in [0.15, 0.2) is 0 Å². The molecule has 1 N–H and O–H groups in total. The molecule has 120 valence electrons. The summed E-state index contributed by atoms with van der Waals surface area (Å²) in [7, 11) is 0. The van der Waals surface area contributed by atoms with Crippen molar-refractivity contribution in [3.05, 3.63) is 57.5 Å². The number of halogens is 2. The van der Waals surface area contributed by atoms with E-state index in [9.17, 15) is 9.59 Å². The number of carbonyl (C=O) groups excluding carboxylic acids is 2. The molecule has 0 aliphatic heterocycles. The highest BCUT2D eigenvalue weighted by Gasteiger charge is 2.16. The zero-order valence-corrected chi connectivity index (χ0v) is 15.1. The predicted octanol–water partition coefficient (Wildman–Crippen LogP) is 4.40. The van der Waals surface area contributed by atoms with Crippen LogP contribution in [0.1, 0.15) is 12.5 Å². The molecule has 0 fully saturated rings. The minimum atomic E-state index is -0.272. The summed E-state index contributed by atoms with van der Waals surface area (Å²) >= 11 is 9.27. The van der Waals surface area contributed by atoms with Gasteiger partial charge in [0.25, 0.3) is 0 Å². The molecule has 0 aromatic heterocycles. The molecule has 2 rings (SSSR count). The van der Waals surface area contributed by atoms with E-state index in [4.69, 9.17) is 11.6 Å². The number of aryl methyl sites for hydroxylation is 1. The molecular formula is C17H16BrClN2O2. The molecule has 2 aromatic carbocycles. The fraction of sp³-hybridized carbons (Fsp3) is 0.176. The molecule has 0 saturated heterocycles. The maximum Gasteiger partial charge on any atom is 0.244 e. The van der Waals surface area contributed by atoms with E-state index in [0.29, 0.717) is 16.4 Å². The average molecular weight is 396 g/mol. The number of hydrogen-bond acceptors (Lipinski definition) is 2. The largest absolute Gasteiger partial charge is 0.324 e. The number of nitrogens with zero attached hydrogens (tertiary/aromatic N) is 1. The van der Waals surface area contributed by atoms with E-state index in [1.54, 1.807) is 24.3 Å². The molecule has 2 amide bonds. The van der Waals surface area contributed by atoms with Gasteiger partial charge in [0.1, 0.15) is 6.54 Å². The first-order valence-corrected chi connectivity index (χ1v) is 8.13. The number of hydrogen-bond donors (Lipinski definition) is 1. The van der Waals surface area contributed by atoms with Crippen molar-refractivity contribution in [1.29, 1.82) is 0 Å². The van der Waals surface area contributed by atoms with E-state index in [2.05, 4.69) is 21.2 Å². The fourth-order valence-electron chi connectivity index (χ4n) is 2.02. The summed E-state index contributed by atoms with van der Waals surface area (Å²) < 4.78 is 0.913. The Kier molecular flexibility index (Phi) is 5.80. The Labute approximate surface area is 148 Å². The van der Waals surface area contributed by atoms with Crippen LogP contribution in [0.15, 0.2) is 46.9 Å². The Hall–Kier alpha value is -1.85. The van der Waals surface area contributed by atoms with E-state index in [1.165, 1.54) is 11.8 Å². The van der Waals surface area contributed by atoms with Gasteiger partial charge in [-0.1, -0.05) is 33.6 Å². The summed E-state index contributed by atoms with van der Waals surface area (Å²) in [5, 5.41) is 3.36. The monoisotopic (exact) mass is 394 g/mol. The lowest BCUT2D eigenvalue weighted by atomic mass is 10.2. The zero-order valence-electron chi connectivity index (χ0n) is 12.8. The topological polar surface area (TPSA) is 49.4 Å². The third-order valence-corrected chi connectivity index (χ3v) is 4.38. The second kappa shape index (κ2) is 7.62. The lowest BCUT2D eigenvalue weighted by Crippen LogP contribution is -2.36. The number of rotatable bonds is 4. The molecule has 0 spiro atoms. The van der Waals surface area contributed by atoms with Crippen molar-refractivity contribution in [2.75, 3.05) is 16.8 Å². The molecule has 0 atom stereocenters. The van der Waals surface area contributed by atoms with Gasteiger partial charge in [-0.05, 0) is 48.9 Å². The molecule has 6 heteroatoms. The van der Waals surface area contributed by atoms with Gasteiger partial charge in [0.05, 0.1) is 0 Å². The Morgan fingerprint density at radius 3 is 2.39 bits per heavy atom. The molecule has 4 nitrogen and oxygen atoms in total. The van der Waals surface area contributed by atoms with Crippen LogP contribution in [0.5, 0.6) is 0 Å². The summed E-state index contributed by atoms with van der Waals surface area (Å²) in [6, 6.07) is 12.3. The van der Waals surface area contributed by atoms with Crippen LogP contribution in [-0.2, 0) is 9.59 Å². The van der Waals surface area contributed by atoms with Crippen molar-refractivity contribution in [2.45, 2.75) is 13.8 Å². The molecule has 0 radical (unpaired) electrons. The number of amides is 2. The highest BCUT2D eigenvalue weighted by atomic mass is 79.9. The Bertz CT molecular complexity index is 732. The van der Waals surface area contributed by atoms with Gasteiger partial charge < -0.3 is 10.2 Å². The summed E-state index contributed by atoms with van der Waals surface area (Å²) in [4.78, 5) is 25.4. The van der Waals surface area contributed by atoms with Crippen molar-refractivity contribution in [3.8, 4) is 0 Å². The van der Waals surface area contributed by atoms with Crippen LogP contribution >= 0.6 is 27.5 Å². The summed E-state index contributed by atoms with van der Waals surface area (Å²) in [5.41, 5.74) is 2.38. The Balaban J connectivity index is 2.10. The summed E-state index contributed by atoms with van der Waals surface area (Å²) in [5.74, 6) is -0.488. The molecule has 2 aromatic rings. The van der Waals surface area contributed by atoms with Crippen molar-refractivity contribution in [2.24, 2.45) is 0 Å². The molecule has 0 aliphatic rings. The summed E-state index contributed by atoms with van der Waals surface area (Å²) in [6.07, 6.45) is 0. The van der Waals surface area contributed by atoms with Gasteiger partial charge in [-0.3, -0.25) is 9.59 Å². The number of carbonyl (C=O) groups is 2. The molecule has 0 bridgehead atoms. The lowest BCUT2D eigenvalue weighted by Gasteiger charge is -2.20. The molecule has 23 heavy (non-hydrogen) atoms. The average Bonchev–Trinajstić information content (AvgIpc) is 2.49. The van der Waals surface area contributed by atoms with E-state index < -0.39 is 0 Å². The maximum absolute atomic E-state index is 12.2. The molecular weight excluding hydrogens is 380 g/mol. The second-order valence-corrected chi connectivity index (χ2v) is 6.38. The van der Waals surface area contributed by atoms with Crippen molar-refractivity contribution >= 4 is 50.7 Å². The number of anilines is 2. The van der Waals surface area contributed by atoms with Crippen LogP contribution in [-0.4, -0.2) is 18.4 Å². The Morgan fingerprint density at radius 1 is 1.17 bits per heavy atom. The quantitative estimate of drug-likeness (QED) is 0.834. The first kappa shape index (κ1) is 17.5. The second-order valence-electron chi connectivity index (χ2n) is 5.09. The smallest absolute Gasteiger partial charge is 0.244 e. The van der Waals surface area contributed by atoms with Crippen molar-refractivity contribution in [3.63, 3.8) is 0 Å². The molecule has 0 saturated carbocycles. The minimum absolute atomic E-state index is 0.0670. The van der Waals surface area contributed by atoms with Crippen LogP contribution in [0, 0.1) is 6.92 Å². The van der Waals surface area contributed by atoms with E-state index in [1.807, 2.05) is 25.1 Å². The zero-order chi connectivity index (χ0) is 17.0. The van der Waals surface area contributed by atoms with Crippen LogP contribution in [0.4, 0.5) is 11.4 Å². The standard InChI is InChI=1S/C17H16BrClN2O2/c1-11-3-6-14(9-16(11)18)20-17(23)10-21(12(2)22)15-7-4-13(19)5-8-15/h3-9H,10H2,1-2H3,(H,20,23). The SMILES string of the molecule is CC(=O)N(CC(=O)Nc1ccc(C)c(Br)c1)c1ccc(Cl)cc1. The first-order valence-electron chi connectivity index (χ1n) is 6.96. The lowest BCUT2D eigenvalue weighted by molar-refractivity contribution is -0.120. The fourth-order valence-corrected chi connectivity index (χ4v) is 2.52. The molecule has 0 aliphatic carbocycles. The molecule has 0 unspecified atom stereocenters. The van der Waals surface area contributed by atoms with Gasteiger partial charge in [-0.25, -0.2) is 0 Å². The highest BCUT2D eigenvalue weighted by molar-refractivity contribution is 9.10. The third-order valence-electron chi connectivity index (χ3n) is 3.28. The predicted molar refractivity (Wildman–Crippen MR) is 97.0 cm³/mol. The van der Waals surface area contributed by atoms with E-state index >= 15 is 0 Å². The van der Waals surface area contributed by atoms with E-state index in [-0.39, 0.29) is 18.4 Å².